The van der Waals surface area contributed by atoms with Crippen molar-refractivity contribution in [3.8, 4) is 5.75 Å². The average molecular weight is 204 g/mol. The molecule has 0 unspecified atom stereocenters. The van der Waals surface area contributed by atoms with E-state index in [-0.39, 0.29) is 0 Å². The molecule has 2 rings (SSSR count). The summed E-state index contributed by atoms with van der Waals surface area (Å²) in [5, 5.41) is 0. The van der Waals surface area contributed by atoms with Crippen molar-refractivity contribution in [1.82, 2.24) is 0 Å². The van der Waals surface area contributed by atoms with Gasteiger partial charge in [-0.3, -0.25) is 0 Å². The summed E-state index contributed by atoms with van der Waals surface area (Å²) in [5.74, 6) is 2.08. The topological polar surface area (TPSA) is 18.5 Å². The molecule has 0 aromatic heterocycles. The molecular formula is C13H16O2. The Hall–Kier alpha value is -1.44. The SMILES string of the molecule is COC1=C(C)Cc2c(cccc2OC)C1. The monoisotopic (exact) mass is 204 g/mol. The van der Waals surface area contributed by atoms with Crippen LogP contribution in [-0.2, 0) is 17.6 Å². The second kappa shape index (κ2) is 3.97. The molecule has 0 fully saturated rings. The van der Waals surface area contributed by atoms with Crippen molar-refractivity contribution in [1.29, 1.82) is 0 Å². The maximum atomic E-state index is 5.37. The molecule has 0 bridgehead atoms. The summed E-state index contributed by atoms with van der Waals surface area (Å²) in [4.78, 5) is 0. The van der Waals surface area contributed by atoms with E-state index in [0.29, 0.717) is 0 Å². The van der Waals surface area contributed by atoms with E-state index in [1.165, 1.54) is 16.7 Å². The van der Waals surface area contributed by atoms with Crippen molar-refractivity contribution in [2.45, 2.75) is 19.8 Å². The third-order valence-corrected chi connectivity index (χ3v) is 2.97. The van der Waals surface area contributed by atoms with Crippen LogP contribution >= 0.6 is 0 Å². The summed E-state index contributed by atoms with van der Waals surface area (Å²) < 4.78 is 10.7. The summed E-state index contributed by atoms with van der Waals surface area (Å²) in [5.41, 5.74) is 3.92. The van der Waals surface area contributed by atoms with Gasteiger partial charge in [-0.25, -0.2) is 0 Å². The summed E-state index contributed by atoms with van der Waals surface area (Å²) in [6.45, 7) is 2.12. The molecule has 0 spiro atoms. The Morgan fingerprint density at radius 2 is 1.87 bits per heavy atom. The lowest BCUT2D eigenvalue weighted by atomic mass is 9.90. The highest BCUT2D eigenvalue weighted by Gasteiger charge is 2.18. The minimum atomic E-state index is 0.884. The normalized spacial score (nSPS) is 14.9. The van der Waals surface area contributed by atoms with E-state index in [4.69, 9.17) is 9.47 Å². The molecule has 2 nitrogen and oxygen atoms in total. The van der Waals surface area contributed by atoms with E-state index in [1.54, 1.807) is 14.2 Å². The van der Waals surface area contributed by atoms with Crippen LogP contribution in [0.2, 0.25) is 0 Å². The molecule has 1 aromatic carbocycles. The zero-order valence-electron chi connectivity index (χ0n) is 9.46. The van der Waals surface area contributed by atoms with Gasteiger partial charge in [0.1, 0.15) is 5.75 Å². The van der Waals surface area contributed by atoms with Gasteiger partial charge in [0.15, 0.2) is 0 Å². The number of fused-ring (bicyclic) bond motifs is 1. The minimum absolute atomic E-state index is 0.884. The van der Waals surface area contributed by atoms with E-state index < -0.39 is 0 Å². The van der Waals surface area contributed by atoms with Crippen molar-refractivity contribution in [3.63, 3.8) is 0 Å². The van der Waals surface area contributed by atoms with Crippen molar-refractivity contribution in [2.75, 3.05) is 14.2 Å². The van der Waals surface area contributed by atoms with Gasteiger partial charge < -0.3 is 9.47 Å². The molecule has 0 radical (unpaired) electrons. The maximum absolute atomic E-state index is 5.37. The fourth-order valence-electron chi connectivity index (χ4n) is 2.10. The zero-order valence-corrected chi connectivity index (χ0v) is 9.46. The number of benzene rings is 1. The number of hydrogen-bond acceptors (Lipinski definition) is 2. The van der Waals surface area contributed by atoms with Gasteiger partial charge in [-0.05, 0) is 24.1 Å². The second-order valence-corrected chi connectivity index (χ2v) is 3.86. The molecule has 2 heteroatoms. The summed E-state index contributed by atoms with van der Waals surface area (Å²) in [6, 6.07) is 6.19. The molecular weight excluding hydrogens is 188 g/mol. The van der Waals surface area contributed by atoms with Crippen LogP contribution in [0, 0.1) is 0 Å². The Labute approximate surface area is 90.5 Å². The largest absolute Gasteiger partial charge is 0.501 e. The Kier molecular flexibility index (Phi) is 2.67. The highest BCUT2D eigenvalue weighted by molar-refractivity contribution is 5.47. The lowest BCUT2D eigenvalue weighted by Gasteiger charge is -2.21. The third-order valence-electron chi connectivity index (χ3n) is 2.97. The Morgan fingerprint density at radius 3 is 2.53 bits per heavy atom. The standard InChI is InChI=1S/C13H16O2/c1-9-7-11-10(8-13(9)15-3)5-4-6-12(11)14-2/h4-6H,7-8H2,1-3H3. The highest BCUT2D eigenvalue weighted by atomic mass is 16.5. The molecule has 0 amide bonds. The van der Waals surface area contributed by atoms with Crippen LogP contribution in [0.1, 0.15) is 18.1 Å². The number of rotatable bonds is 2. The molecule has 1 aliphatic rings. The van der Waals surface area contributed by atoms with Crippen molar-refractivity contribution < 1.29 is 9.47 Å². The van der Waals surface area contributed by atoms with Gasteiger partial charge in [0.2, 0.25) is 0 Å². The number of hydrogen-bond donors (Lipinski definition) is 0. The van der Waals surface area contributed by atoms with Crippen LogP contribution in [0.25, 0.3) is 0 Å². The van der Waals surface area contributed by atoms with Crippen LogP contribution in [0.4, 0.5) is 0 Å². The third kappa shape index (κ3) is 1.72. The van der Waals surface area contributed by atoms with E-state index in [1.807, 2.05) is 12.1 Å². The van der Waals surface area contributed by atoms with Crippen molar-refractivity contribution >= 4 is 0 Å². The molecule has 0 atom stereocenters. The van der Waals surface area contributed by atoms with E-state index in [2.05, 4.69) is 13.0 Å². The summed E-state index contributed by atoms with van der Waals surface area (Å²) >= 11 is 0. The van der Waals surface area contributed by atoms with Crippen LogP contribution in [0.5, 0.6) is 5.75 Å². The molecule has 0 saturated carbocycles. The van der Waals surface area contributed by atoms with E-state index >= 15 is 0 Å². The van der Waals surface area contributed by atoms with Gasteiger partial charge in [0.05, 0.1) is 20.0 Å². The molecule has 0 N–H and O–H groups in total. The average Bonchev–Trinajstić information content (AvgIpc) is 2.27. The van der Waals surface area contributed by atoms with Gasteiger partial charge in [0.25, 0.3) is 0 Å². The number of allylic oxidation sites excluding steroid dienone is 2. The van der Waals surface area contributed by atoms with Crippen LogP contribution in [0.3, 0.4) is 0 Å². The molecule has 0 heterocycles. The van der Waals surface area contributed by atoms with Crippen molar-refractivity contribution in [3.05, 3.63) is 40.7 Å². The first-order chi connectivity index (χ1) is 7.26. The lowest BCUT2D eigenvalue weighted by molar-refractivity contribution is 0.274. The molecule has 80 valence electrons. The van der Waals surface area contributed by atoms with Gasteiger partial charge in [-0.15, -0.1) is 0 Å². The molecule has 1 aromatic rings. The molecule has 0 aliphatic heterocycles. The van der Waals surface area contributed by atoms with Gasteiger partial charge in [0, 0.05) is 18.4 Å². The number of methoxy groups -OCH3 is 2. The quantitative estimate of drug-likeness (QED) is 0.737. The van der Waals surface area contributed by atoms with Crippen molar-refractivity contribution in [2.24, 2.45) is 0 Å². The summed E-state index contributed by atoms with van der Waals surface area (Å²) in [6.07, 6.45) is 1.82. The fourth-order valence-corrected chi connectivity index (χ4v) is 2.10. The Balaban J connectivity index is 2.42. The highest BCUT2D eigenvalue weighted by Crippen LogP contribution is 2.32. The van der Waals surface area contributed by atoms with E-state index in [9.17, 15) is 0 Å². The molecule has 1 aliphatic carbocycles. The predicted octanol–water partition coefficient (Wildman–Crippen LogP) is 2.71. The smallest absolute Gasteiger partial charge is 0.122 e. The first kappa shape index (κ1) is 10.1. The minimum Gasteiger partial charge on any atom is -0.501 e. The van der Waals surface area contributed by atoms with Gasteiger partial charge in [-0.2, -0.15) is 0 Å². The van der Waals surface area contributed by atoms with Crippen LogP contribution in [-0.4, -0.2) is 14.2 Å². The van der Waals surface area contributed by atoms with Gasteiger partial charge in [-0.1, -0.05) is 12.1 Å². The first-order valence-electron chi connectivity index (χ1n) is 5.13. The van der Waals surface area contributed by atoms with Gasteiger partial charge >= 0.3 is 0 Å². The predicted molar refractivity (Wildman–Crippen MR) is 60.1 cm³/mol. The second-order valence-electron chi connectivity index (χ2n) is 3.86. The Morgan fingerprint density at radius 1 is 1.07 bits per heavy atom. The van der Waals surface area contributed by atoms with E-state index in [0.717, 1.165) is 24.4 Å². The summed E-state index contributed by atoms with van der Waals surface area (Å²) in [7, 11) is 3.46. The maximum Gasteiger partial charge on any atom is 0.122 e. The lowest BCUT2D eigenvalue weighted by Crippen LogP contribution is -2.09. The Bertz CT molecular complexity index is 405. The molecule has 0 saturated heterocycles. The zero-order chi connectivity index (χ0) is 10.8. The fraction of sp³-hybridized carbons (Fsp3) is 0.385. The number of ether oxygens (including phenoxy) is 2. The first-order valence-corrected chi connectivity index (χ1v) is 5.13. The molecule has 15 heavy (non-hydrogen) atoms. The van der Waals surface area contributed by atoms with Crippen LogP contribution in [0.15, 0.2) is 29.5 Å². The van der Waals surface area contributed by atoms with Crippen LogP contribution < -0.4 is 4.74 Å².